The summed E-state index contributed by atoms with van der Waals surface area (Å²) in [5, 5.41) is 0. The van der Waals surface area contributed by atoms with E-state index in [2.05, 4.69) is 17.0 Å². The van der Waals surface area contributed by atoms with Crippen molar-refractivity contribution in [3.05, 3.63) is 29.8 Å². The smallest absolute Gasteiger partial charge is 0.214 e. The highest BCUT2D eigenvalue weighted by Crippen LogP contribution is 2.15. The molecule has 0 bridgehead atoms. The fraction of sp³-hybridized carbons (Fsp3) is 0.600. The predicted molar refractivity (Wildman–Crippen MR) is 83.9 cm³/mol. The quantitative estimate of drug-likeness (QED) is 0.800. The van der Waals surface area contributed by atoms with Crippen LogP contribution in [0.25, 0.3) is 0 Å². The van der Waals surface area contributed by atoms with Crippen LogP contribution in [0.2, 0.25) is 0 Å². The normalized spacial score (nSPS) is 17.8. The van der Waals surface area contributed by atoms with E-state index in [-0.39, 0.29) is 5.75 Å². The van der Waals surface area contributed by atoms with Crippen LogP contribution in [0.1, 0.15) is 18.9 Å². The van der Waals surface area contributed by atoms with Crippen molar-refractivity contribution in [2.45, 2.75) is 19.9 Å². The number of hydrogen-bond acceptors (Lipinski definition) is 4. The number of piperazine rings is 1. The van der Waals surface area contributed by atoms with Gasteiger partial charge in [-0.15, -0.1) is 0 Å². The molecule has 0 aromatic heterocycles. The summed E-state index contributed by atoms with van der Waals surface area (Å²) < 4.78 is 30.8. The molecular formula is C15H24N2O3S. The second-order valence-corrected chi connectivity index (χ2v) is 7.43. The number of methoxy groups -OCH3 is 1. The fourth-order valence-corrected chi connectivity index (χ4v) is 4.04. The Balaban J connectivity index is 1.86. The number of rotatable bonds is 6. The van der Waals surface area contributed by atoms with Gasteiger partial charge in [-0.25, -0.2) is 8.42 Å². The molecule has 0 N–H and O–H groups in total. The zero-order chi connectivity index (χ0) is 15.3. The van der Waals surface area contributed by atoms with Crippen molar-refractivity contribution in [3.63, 3.8) is 0 Å². The maximum Gasteiger partial charge on any atom is 0.214 e. The van der Waals surface area contributed by atoms with Crippen molar-refractivity contribution in [1.82, 2.24) is 9.21 Å². The standard InChI is InChI=1S/C15H24N2O3S/c1-3-12-21(18,19)17-10-8-16(9-11-17)13-14-4-6-15(20-2)7-5-14/h4-7H,3,8-13H2,1-2H3. The Morgan fingerprint density at radius 3 is 2.24 bits per heavy atom. The first-order valence-electron chi connectivity index (χ1n) is 7.38. The summed E-state index contributed by atoms with van der Waals surface area (Å²) in [6, 6.07) is 8.02. The minimum absolute atomic E-state index is 0.255. The molecule has 0 amide bonds. The molecule has 0 spiro atoms. The van der Waals surface area contributed by atoms with Gasteiger partial charge in [0.15, 0.2) is 0 Å². The Labute approximate surface area is 127 Å². The van der Waals surface area contributed by atoms with E-state index in [9.17, 15) is 8.42 Å². The summed E-state index contributed by atoms with van der Waals surface area (Å²) in [7, 11) is -1.39. The monoisotopic (exact) mass is 312 g/mol. The van der Waals surface area contributed by atoms with E-state index in [0.717, 1.165) is 25.4 Å². The molecular weight excluding hydrogens is 288 g/mol. The van der Waals surface area contributed by atoms with Crippen LogP contribution in [0, 0.1) is 0 Å². The van der Waals surface area contributed by atoms with Crippen molar-refractivity contribution in [1.29, 1.82) is 0 Å². The Morgan fingerprint density at radius 1 is 1.10 bits per heavy atom. The maximum absolute atomic E-state index is 12.0. The van der Waals surface area contributed by atoms with E-state index < -0.39 is 10.0 Å². The van der Waals surface area contributed by atoms with Crippen LogP contribution in [0.4, 0.5) is 0 Å². The molecule has 6 heteroatoms. The van der Waals surface area contributed by atoms with Gasteiger partial charge in [0.1, 0.15) is 5.75 Å². The highest BCUT2D eigenvalue weighted by atomic mass is 32.2. The maximum atomic E-state index is 12.0. The lowest BCUT2D eigenvalue weighted by Gasteiger charge is -2.34. The van der Waals surface area contributed by atoms with Gasteiger partial charge in [0.05, 0.1) is 12.9 Å². The summed E-state index contributed by atoms with van der Waals surface area (Å²) in [5.74, 6) is 1.11. The van der Waals surface area contributed by atoms with Crippen LogP contribution in [0.15, 0.2) is 24.3 Å². The molecule has 0 atom stereocenters. The van der Waals surface area contributed by atoms with Gasteiger partial charge >= 0.3 is 0 Å². The summed E-state index contributed by atoms with van der Waals surface area (Å²) >= 11 is 0. The summed E-state index contributed by atoms with van der Waals surface area (Å²) in [4.78, 5) is 2.29. The Kier molecular flexibility index (Phi) is 5.61. The topological polar surface area (TPSA) is 49.9 Å². The van der Waals surface area contributed by atoms with Gasteiger partial charge in [-0.05, 0) is 24.1 Å². The van der Waals surface area contributed by atoms with E-state index in [1.54, 1.807) is 11.4 Å². The average Bonchev–Trinajstić information content (AvgIpc) is 2.48. The van der Waals surface area contributed by atoms with Crippen LogP contribution >= 0.6 is 0 Å². The van der Waals surface area contributed by atoms with Gasteiger partial charge in [-0.2, -0.15) is 4.31 Å². The molecule has 1 fully saturated rings. The van der Waals surface area contributed by atoms with Crippen molar-refractivity contribution in [2.24, 2.45) is 0 Å². The van der Waals surface area contributed by atoms with Crippen molar-refractivity contribution < 1.29 is 13.2 Å². The second kappa shape index (κ2) is 7.24. The van der Waals surface area contributed by atoms with E-state index in [4.69, 9.17) is 4.74 Å². The third-order valence-electron chi connectivity index (χ3n) is 3.75. The summed E-state index contributed by atoms with van der Waals surface area (Å²) in [5.41, 5.74) is 1.22. The Hall–Kier alpha value is -1.11. The van der Waals surface area contributed by atoms with Gasteiger partial charge in [-0.1, -0.05) is 19.1 Å². The van der Waals surface area contributed by atoms with E-state index >= 15 is 0 Å². The first kappa shape index (κ1) is 16.3. The number of hydrogen-bond donors (Lipinski definition) is 0. The summed E-state index contributed by atoms with van der Waals surface area (Å²) in [6.07, 6.45) is 0.675. The molecule has 0 saturated carbocycles. The van der Waals surface area contributed by atoms with Crippen LogP contribution in [-0.2, 0) is 16.6 Å². The lowest BCUT2D eigenvalue weighted by molar-refractivity contribution is 0.181. The van der Waals surface area contributed by atoms with Gasteiger partial charge in [0.25, 0.3) is 0 Å². The van der Waals surface area contributed by atoms with Crippen LogP contribution in [-0.4, -0.2) is 56.7 Å². The fourth-order valence-electron chi connectivity index (χ4n) is 2.54. The number of nitrogens with zero attached hydrogens (tertiary/aromatic N) is 2. The number of benzene rings is 1. The zero-order valence-electron chi connectivity index (χ0n) is 12.8. The molecule has 1 heterocycles. The Bertz CT molecular complexity index is 535. The van der Waals surface area contributed by atoms with Crippen LogP contribution < -0.4 is 4.74 Å². The molecule has 1 aromatic carbocycles. The third-order valence-corrected chi connectivity index (χ3v) is 5.83. The van der Waals surface area contributed by atoms with Gasteiger partial charge in [-0.3, -0.25) is 4.90 Å². The lowest BCUT2D eigenvalue weighted by atomic mass is 10.2. The van der Waals surface area contributed by atoms with Crippen LogP contribution in [0.5, 0.6) is 5.75 Å². The van der Waals surface area contributed by atoms with E-state index in [1.165, 1.54) is 5.56 Å². The zero-order valence-corrected chi connectivity index (χ0v) is 13.6. The number of ether oxygens (including phenoxy) is 1. The molecule has 21 heavy (non-hydrogen) atoms. The molecule has 2 rings (SSSR count). The van der Waals surface area contributed by atoms with Crippen LogP contribution in [0.3, 0.4) is 0 Å². The molecule has 0 unspecified atom stereocenters. The highest BCUT2D eigenvalue weighted by Gasteiger charge is 2.25. The minimum Gasteiger partial charge on any atom is -0.497 e. The summed E-state index contributed by atoms with van der Waals surface area (Å²) in [6.45, 7) is 5.52. The predicted octanol–water partition coefficient (Wildman–Crippen LogP) is 1.55. The average molecular weight is 312 g/mol. The molecule has 1 aliphatic heterocycles. The molecule has 1 saturated heterocycles. The first-order valence-corrected chi connectivity index (χ1v) is 8.99. The minimum atomic E-state index is -3.05. The molecule has 5 nitrogen and oxygen atoms in total. The third kappa shape index (κ3) is 4.43. The largest absolute Gasteiger partial charge is 0.497 e. The van der Waals surface area contributed by atoms with Crippen molar-refractivity contribution in [2.75, 3.05) is 39.0 Å². The number of sulfonamides is 1. The van der Waals surface area contributed by atoms with E-state index in [0.29, 0.717) is 19.5 Å². The molecule has 118 valence electrons. The van der Waals surface area contributed by atoms with Gasteiger partial charge < -0.3 is 4.74 Å². The van der Waals surface area contributed by atoms with E-state index in [1.807, 2.05) is 19.1 Å². The molecule has 1 aliphatic rings. The highest BCUT2D eigenvalue weighted by molar-refractivity contribution is 7.89. The molecule has 0 aliphatic carbocycles. The van der Waals surface area contributed by atoms with Gasteiger partial charge in [0, 0.05) is 32.7 Å². The van der Waals surface area contributed by atoms with Crippen molar-refractivity contribution in [3.8, 4) is 5.75 Å². The Morgan fingerprint density at radius 2 is 1.71 bits per heavy atom. The lowest BCUT2D eigenvalue weighted by Crippen LogP contribution is -2.48. The molecule has 0 radical (unpaired) electrons. The second-order valence-electron chi connectivity index (χ2n) is 5.34. The SMILES string of the molecule is CCCS(=O)(=O)N1CCN(Cc2ccc(OC)cc2)CC1. The van der Waals surface area contributed by atoms with Gasteiger partial charge in [0.2, 0.25) is 10.0 Å². The first-order chi connectivity index (χ1) is 10.0. The van der Waals surface area contributed by atoms with Crippen molar-refractivity contribution >= 4 is 10.0 Å². The molecule has 1 aromatic rings.